The summed E-state index contributed by atoms with van der Waals surface area (Å²) in [5, 5.41) is 0. The van der Waals surface area contributed by atoms with Crippen LogP contribution in [-0.2, 0) is 0 Å². The van der Waals surface area contributed by atoms with Gasteiger partial charge in [-0.15, -0.1) is 0 Å². The molecule has 1 unspecified atom stereocenters. The molecule has 1 saturated carbocycles. The molecule has 0 aliphatic heterocycles. The monoisotopic (exact) mass is 262 g/mol. The molecule has 0 radical (unpaired) electrons. The molecule has 0 aromatic heterocycles. The van der Waals surface area contributed by atoms with Crippen molar-refractivity contribution in [1.82, 2.24) is 5.43 Å². The summed E-state index contributed by atoms with van der Waals surface area (Å²) in [4.78, 5) is 0. The lowest BCUT2D eigenvalue weighted by atomic mass is 9.93. The van der Waals surface area contributed by atoms with Crippen LogP contribution in [-0.4, -0.2) is 7.11 Å². The van der Waals surface area contributed by atoms with E-state index in [4.69, 9.17) is 10.6 Å². The van der Waals surface area contributed by atoms with Gasteiger partial charge in [0.1, 0.15) is 5.75 Å². The molecule has 1 aliphatic carbocycles. The molecule has 0 spiro atoms. The third kappa shape index (κ3) is 2.05. The summed E-state index contributed by atoms with van der Waals surface area (Å²) < 4.78 is 5.27. The topological polar surface area (TPSA) is 47.3 Å². The fraction of sp³-hybridized carbons (Fsp3) is 0.625. The molecule has 1 atom stereocenters. The first-order valence-electron chi connectivity index (χ1n) is 6.88. The van der Waals surface area contributed by atoms with Crippen molar-refractivity contribution in [3.8, 4) is 5.75 Å². The van der Waals surface area contributed by atoms with Crippen molar-refractivity contribution >= 4 is 0 Å². The second-order valence-corrected chi connectivity index (χ2v) is 6.79. The van der Waals surface area contributed by atoms with E-state index in [2.05, 4.69) is 52.2 Å². The van der Waals surface area contributed by atoms with E-state index in [1.54, 1.807) is 7.11 Å². The summed E-state index contributed by atoms with van der Waals surface area (Å²) in [6.07, 6.45) is 0. The van der Waals surface area contributed by atoms with Crippen LogP contribution in [0.3, 0.4) is 0 Å². The first-order valence-corrected chi connectivity index (χ1v) is 6.88. The van der Waals surface area contributed by atoms with E-state index >= 15 is 0 Å². The molecule has 106 valence electrons. The van der Waals surface area contributed by atoms with Gasteiger partial charge in [0, 0.05) is 0 Å². The molecule has 2 rings (SSSR count). The largest absolute Gasteiger partial charge is 0.497 e. The van der Waals surface area contributed by atoms with E-state index in [1.165, 1.54) is 11.1 Å². The van der Waals surface area contributed by atoms with Crippen molar-refractivity contribution < 1.29 is 4.74 Å². The highest BCUT2D eigenvalue weighted by molar-refractivity contribution is 5.39. The Morgan fingerprint density at radius 3 is 2.16 bits per heavy atom. The highest BCUT2D eigenvalue weighted by Crippen LogP contribution is 2.72. The second kappa shape index (κ2) is 4.50. The molecule has 0 saturated heterocycles. The van der Waals surface area contributed by atoms with Crippen molar-refractivity contribution in [1.29, 1.82) is 0 Å². The normalized spacial score (nSPS) is 22.1. The molecule has 19 heavy (non-hydrogen) atoms. The fourth-order valence-electron chi connectivity index (χ4n) is 3.57. The number of aryl methyl sites for hydroxylation is 1. The number of nitrogens with two attached hydrogens (primary N) is 1. The number of ether oxygens (including phenoxy) is 1. The van der Waals surface area contributed by atoms with E-state index < -0.39 is 0 Å². The lowest BCUT2D eigenvalue weighted by Crippen LogP contribution is -2.31. The molecule has 0 amide bonds. The van der Waals surface area contributed by atoms with Crippen molar-refractivity contribution in [2.75, 3.05) is 7.11 Å². The quantitative estimate of drug-likeness (QED) is 0.647. The molecule has 3 heteroatoms. The van der Waals surface area contributed by atoms with Crippen LogP contribution in [0.5, 0.6) is 5.75 Å². The lowest BCUT2D eigenvalue weighted by Gasteiger charge is -2.21. The van der Waals surface area contributed by atoms with Crippen LogP contribution in [0, 0.1) is 23.7 Å². The van der Waals surface area contributed by atoms with E-state index in [-0.39, 0.29) is 6.04 Å². The van der Waals surface area contributed by atoms with E-state index in [1.807, 2.05) is 6.07 Å². The molecule has 0 bridgehead atoms. The Morgan fingerprint density at radius 2 is 1.79 bits per heavy atom. The van der Waals surface area contributed by atoms with Crippen molar-refractivity contribution in [2.24, 2.45) is 22.6 Å². The summed E-state index contributed by atoms with van der Waals surface area (Å²) in [5.41, 5.74) is 6.13. The summed E-state index contributed by atoms with van der Waals surface area (Å²) in [7, 11) is 1.69. The Morgan fingerprint density at radius 1 is 1.21 bits per heavy atom. The Labute approximate surface area is 116 Å². The van der Waals surface area contributed by atoms with Gasteiger partial charge in [0.2, 0.25) is 0 Å². The van der Waals surface area contributed by atoms with E-state index in [0.29, 0.717) is 16.7 Å². The van der Waals surface area contributed by atoms with Crippen LogP contribution < -0.4 is 16.0 Å². The molecule has 3 N–H and O–H groups in total. The van der Waals surface area contributed by atoms with Gasteiger partial charge >= 0.3 is 0 Å². The fourth-order valence-corrected chi connectivity index (χ4v) is 3.57. The van der Waals surface area contributed by atoms with Gasteiger partial charge in [-0.1, -0.05) is 33.8 Å². The smallest absolute Gasteiger partial charge is 0.119 e. The van der Waals surface area contributed by atoms with Crippen LogP contribution in [0.4, 0.5) is 0 Å². The highest BCUT2D eigenvalue weighted by Gasteiger charge is 2.67. The Kier molecular flexibility index (Phi) is 3.40. The van der Waals surface area contributed by atoms with Crippen LogP contribution >= 0.6 is 0 Å². The lowest BCUT2D eigenvalue weighted by molar-refractivity contribution is 0.406. The minimum atomic E-state index is 0.191. The standard InChI is InChI=1S/C16H26N2O/c1-10-9-11(19-6)7-8-12(10)13(18-17)14-15(2,3)16(14,4)5/h7-9,13-14,18H,17H2,1-6H3. The molecule has 1 fully saturated rings. The van der Waals surface area contributed by atoms with Crippen molar-refractivity contribution in [2.45, 2.75) is 40.7 Å². The maximum absolute atomic E-state index is 5.85. The summed E-state index contributed by atoms with van der Waals surface area (Å²) in [5.74, 6) is 7.28. The summed E-state index contributed by atoms with van der Waals surface area (Å²) in [6, 6.07) is 6.40. The number of methoxy groups -OCH3 is 1. The molecular weight excluding hydrogens is 236 g/mol. The molecule has 3 nitrogen and oxygen atoms in total. The summed E-state index contributed by atoms with van der Waals surface area (Å²) in [6.45, 7) is 11.4. The molecule has 1 aromatic rings. The van der Waals surface area contributed by atoms with Gasteiger partial charge in [-0.05, 0) is 46.9 Å². The first kappa shape index (κ1) is 14.4. The predicted molar refractivity (Wildman–Crippen MR) is 78.8 cm³/mol. The molecular formula is C16H26N2O. The van der Waals surface area contributed by atoms with E-state index in [0.717, 1.165) is 5.75 Å². The summed E-state index contributed by atoms with van der Waals surface area (Å²) >= 11 is 0. The number of hydrazine groups is 1. The van der Waals surface area contributed by atoms with Crippen LogP contribution in [0.1, 0.15) is 44.9 Å². The van der Waals surface area contributed by atoms with Gasteiger partial charge in [0.05, 0.1) is 13.2 Å². The van der Waals surface area contributed by atoms with Gasteiger partial charge in [0.25, 0.3) is 0 Å². The van der Waals surface area contributed by atoms with Crippen LogP contribution in [0.15, 0.2) is 18.2 Å². The van der Waals surface area contributed by atoms with Crippen molar-refractivity contribution in [3.63, 3.8) is 0 Å². The van der Waals surface area contributed by atoms with Gasteiger partial charge < -0.3 is 4.74 Å². The maximum atomic E-state index is 5.85. The second-order valence-electron chi connectivity index (χ2n) is 6.79. The molecule has 0 heterocycles. The zero-order chi connectivity index (χ0) is 14.4. The van der Waals surface area contributed by atoms with Gasteiger partial charge in [-0.25, -0.2) is 0 Å². The van der Waals surface area contributed by atoms with Crippen LogP contribution in [0.2, 0.25) is 0 Å². The van der Waals surface area contributed by atoms with Gasteiger partial charge in [-0.3, -0.25) is 11.3 Å². The number of nitrogens with one attached hydrogen (secondary N) is 1. The SMILES string of the molecule is COc1ccc(C(NN)C2C(C)(C)C2(C)C)c(C)c1. The highest BCUT2D eigenvalue weighted by atomic mass is 16.5. The molecule has 1 aliphatic rings. The number of benzene rings is 1. The maximum Gasteiger partial charge on any atom is 0.119 e. The Balaban J connectivity index is 2.35. The number of hydrogen-bond acceptors (Lipinski definition) is 3. The average molecular weight is 262 g/mol. The van der Waals surface area contributed by atoms with E-state index in [9.17, 15) is 0 Å². The molecule has 1 aromatic carbocycles. The van der Waals surface area contributed by atoms with Gasteiger partial charge in [0.15, 0.2) is 0 Å². The minimum Gasteiger partial charge on any atom is -0.497 e. The average Bonchev–Trinajstić information content (AvgIpc) is 2.74. The zero-order valence-electron chi connectivity index (χ0n) is 12.9. The van der Waals surface area contributed by atoms with Crippen LogP contribution in [0.25, 0.3) is 0 Å². The number of hydrogen-bond donors (Lipinski definition) is 2. The third-order valence-corrected chi connectivity index (χ3v) is 5.46. The number of rotatable bonds is 4. The Hall–Kier alpha value is -1.06. The van der Waals surface area contributed by atoms with Crippen molar-refractivity contribution in [3.05, 3.63) is 29.3 Å². The Bertz CT molecular complexity index is 466. The third-order valence-electron chi connectivity index (χ3n) is 5.46. The first-order chi connectivity index (χ1) is 8.77. The predicted octanol–water partition coefficient (Wildman–Crippen LogP) is 3.19. The minimum absolute atomic E-state index is 0.191. The zero-order valence-corrected chi connectivity index (χ0v) is 12.9. The van der Waals surface area contributed by atoms with Gasteiger partial charge in [-0.2, -0.15) is 0 Å².